The van der Waals surface area contributed by atoms with Crippen LogP contribution in [0.3, 0.4) is 0 Å². The Morgan fingerprint density at radius 2 is 1.73 bits per heavy atom. The molecule has 0 atom stereocenters. The van der Waals surface area contributed by atoms with Gasteiger partial charge in [-0.25, -0.2) is 8.42 Å². The molecule has 7 heteroatoms. The van der Waals surface area contributed by atoms with Crippen LogP contribution in [0, 0.1) is 6.92 Å². The standard InChI is InChI=1S/C19H31N3O3S/c1-4-22(5-2)26(24,25)17-11-10-16(3)18(14-17)20-19(23)15-21-12-8-6-7-9-13-21/h10-11,14H,4-9,12-13,15H2,1-3H3,(H,20,23). The number of carbonyl (C=O) groups excluding carboxylic acids is 1. The minimum Gasteiger partial charge on any atom is -0.325 e. The van der Waals surface area contributed by atoms with Gasteiger partial charge < -0.3 is 5.32 Å². The second-order valence-electron chi connectivity index (χ2n) is 6.80. The lowest BCUT2D eigenvalue weighted by Gasteiger charge is -2.21. The van der Waals surface area contributed by atoms with Gasteiger partial charge in [0.2, 0.25) is 15.9 Å². The van der Waals surface area contributed by atoms with Crippen LogP contribution < -0.4 is 5.32 Å². The Balaban J connectivity index is 2.13. The zero-order valence-corrected chi connectivity index (χ0v) is 16.9. The summed E-state index contributed by atoms with van der Waals surface area (Å²) in [6, 6.07) is 4.93. The highest BCUT2D eigenvalue weighted by Crippen LogP contribution is 2.23. The number of nitrogens with zero attached hydrogens (tertiary/aromatic N) is 2. The molecule has 0 radical (unpaired) electrons. The molecule has 0 saturated carbocycles. The lowest BCUT2D eigenvalue weighted by Crippen LogP contribution is -2.34. The SMILES string of the molecule is CCN(CC)S(=O)(=O)c1ccc(C)c(NC(=O)CN2CCCCCC2)c1. The van der Waals surface area contributed by atoms with Crippen LogP contribution in [0.1, 0.15) is 45.1 Å². The summed E-state index contributed by atoms with van der Waals surface area (Å²) in [6.45, 7) is 8.60. The first-order valence-corrected chi connectivity index (χ1v) is 11.0. The predicted molar refractivity (Wildman–Crippen MR) is 105 cm³/mol. The monoisotopic (exact) mass is 381 g/mol. The van der Waals surface area contributed by atoms with Crippen LogP contribution in [0.2, 0.25) is 0 Å². The Bertz CT molecular complexity index is 707. The summed E-state index contributed by atoms with van der Waals surface area (Å²) in [6.07, 6.45) is 4.71. The number of aryl methyl sites for hydroxylation is 1. The van der Waals surface area contributed by atoms with E-state index in [9.17, 15) is 13.2 Å². The Morgan fingerprint density at radius 3 is 2.31 bits per heavy atom. The van der Waals surface area contributed by atoms with Gasteiger partial charge in [-0.1, -0.05) is 32.8 Å². The molecule has 2 rings (SSSR count). The number of hydrogen-bond donors (Lipinski definition) is 1. The molecule has 1 aliphatic heterocycles. The number of carbonyl (C=O) groups is 1. The van der Waals surface area contributed by atoms with Crippen LogP contribution in [0.5, 0.6) is 0 Å². The molecule has 6 nitrogen and oxygen atoms in total. The van der Waals surface area contributed by atoms with Gasteiger partial charge in [0.05, 0.1) is 11.4 Å². The molecule has 1 aromatic rings. The lowest BCUT2D eigenvalue weighted by molar-refractivity contribution is -0.117. The molecule has 26 heavy (non-hydrogen) atoms. The van der Waals surface area contributed by atoms with E-state index in [0.717, 1.165) is 31.5 Å². The minimum atomic E-state index is -3.54. The number of hydrogen-bond acceptors (Lipinski definition) is 4. The Kier molecular flexibility index (Phi) is 7.61. The molecule has 0 aromatic heterocycles. The fourth-order valence-electron chi connectivity index (χ4n) is 3.30. The van der Waals surface area contributed by atoms with Gasteiger partial charge >= 0.3 is 0 Å². The van der Waals surface area contributed by atoms with Gasteiger partial charge in [-0.05, 0) is 50.6 Å². The van der Waals surface area contributed by atoms with Crippen LogP contribution in [0.15, 0.2) is 23.1 Å². The molecule has 1 heterocycles. The molecule has 1 aromatic carbocycles. The van der Waals surface area contributed by atoms with Gasteiger partial charge in [0, 0.05) is 18.8 Å². The van der Waals surface area contributed by atoms with Crippen molar-refractivity contribution in [1.29, 1.82) is 0 Å². The van der Waals surface area contributed by atoms with E-state index in [1.807, 2.05) is 20.8 Å². The third-order valence-corrected chi connectivity index (χ3v) is 6.94. The molecule has 0 aliphatic carbocycles. The fourth-order valence-corrected chi connectivity index (χ4v) is 4.78. The number of likely N-dealkylation sites (tertiary alicyclic amines) is 1. The Morgan fingerprint density at radius 1 is 1.12 bits per heavy atom. The zero-order chi connectivity index (χ0) is 19.2. The second kappa shape index (κ2) is 9.48. The Hall–Kier alpha value is -1.44. The summed E-state index contributed by atoms with van der Waals surface area (Å²) in [7, 11) is -3.54. The third-order valence-electron chi connectivity index (χ3n) is 4.89. The fraction of sp³-hybridized carbons (Fsp3) is 0.632. The first kappa shape index (κ1) is 20.9. The van der Waals surface area contributed by atoms with E-state index in [4.69, 9.17) is 0 Å². The maximum Gasteiger partial charge on any atom is 0.243 e. The molecular weight excluding hydrogens is 350 g/mol. The summed E-state index contributed by atoms with van der Waals surface area (Å²) in [5.74, 6) is -0.0904. The lowest BCUT2D eigenvalue weighted by atomic mass is 10.2. The quantitative estimate of drug-likeness (QED) is 0.788. The summed E-state index contributed by atoms with van der Waals surface area (Å²) in [5.41, 5.74) is 1.42. The largest absolute Gasteiger partial charge is 0.325 e. The first-order valence-electron chi connectivity index (χ1n) is 9.51. The van der Waals surface area contributed by atoms with Gasteiger partial charge in [-0.3, -0.25) is 9.69 Å². The van der Waals surface area contributed by atoms with Crippen molar-refractivity contribution in [3.63, 3.8) is 0 Å². The summed E-state index contributed by atoms with van der Waals surface area (Å²) < 4.78 is 26.8. The van der Waals surface area contributed by atoms with Crippen molar-refractivity contribution in [1.82, 2.24) is 9.21 Å². The van der Waals surface area contributed by atoms with E-state index in [2.05, 4.69) is 10.2 Å². The molecular formula is C19H31N3O3S. The summed E-state index contributed by atoms with van der Waals surface area (Å²) in [4.78, 5) is 14.8. The van der Waals surface area contributed by atoms with Crippen LogP contribution in [-0.4, -0.2) is 56.3 Å². The van der Waals surface area contributed by atoms with Crippen molar-refractivity contribution in [2.45, 2.75) is 51.3 Å². The van der Waals surface area contributed by atoms with Crippen LogP contribution in [-0.2, 0) is 14.8 Å². The molecule has 0 bridgehead atoms. The molecule has 1 N–H and O–H groups in total. The summed E-state index contributed by atoms with van der Waals surface area (Å²) >= 11 is 0. The molecule has 0 unspecified atom stereocenters. The average molecular weight is 382 g/mol. The highest BCUT2D eigenvalue weighted by molar-refractivity contribution is 7.89. The van der Waals surface area contributed by atoms with Crippen molar-refractivity contribution in [2.75, 3.05) is 38.0 Å². The normalized spacial score (nSPS) is 16.5. The van der Waals surface area contributed by atoms with Crippen LogP contribution in [0.4, 0.5) is 5.69 Å². The van der Waals surface area contributed by atoms with E-state index < -0.39 is 10.0 Å². The van der Waals surface area contributed by atoms with Crippen molar-refractivity contribution in [3.05, 3.63) is 23.8 Å². The van der Waals surface area contributed by atoms with Crippen LogP contribution in [0.25, 0.3) is 0 Å². The topological polar surface area (TPSA) is 69.7 Å². The second-order valence-corrected chi connectivity index (χ2v) is 8.74. The average Bonchev–Trinajstić information content (AvgIpc) is 2.86. The number of nitrogens with one attached hydrogen (secondary N) is 1. The highest BCUT2D eigenvalue weighted by Gasteiger charge is 2.22. The number of benzene rings is 1. The van der Waals surface area contributed by atoms with Gasteiger partial charge in [0.15, 0.2) is 0 Å². The van der Waals surface area contributed by atoms with E-state index in [0.29, 0.717) is 25.3 Å². The molecule has 1 fully saturated rings. The first-order chi connectivity index (χ1) is 12.4. The van der Waals surface area contributed by atoms with Crippen molar-refractivity contribution >= 4 is 21.6 Å². The molecule has 1 saturated heterocycles. The predicted octanol–water partition coefficient (Wildman–Crippen LogP) is 2.84. The molecule has 1 aliphatic rings. The minimum absolute atomic E-state index is 0.0904. The van der Waals surface area contributed by atoms with E-state index in [-0.39, 0.29) is 10.8 Å². The summed E-state index contributed by atoms with van der Waals surface area (Å²) in [5, 5.41) is 2.90. The van der Waals surface area contributed by atoms with Crippen molar-refractivity contribution in [2.24, 2.45) is 0 Å². The Labute approximate surface area is 157 Å². The van der Waals surface area contributed by atoms with E-state index in [1.54, 1.807) is 18.2 Å². The number of anilines is 1. The molecule has 1 amide bonds. The van der Waals surface area contributed by atoms with Crippen molar-refractivity contribution < 1.29 is 13.2 Å². The van der Waals surface area contributed by atoms with E-state index >= 15 is 0 Å². The third kappa shape index (κ3) is 5.28. The molecule has 0 spiro atoms. The number of amides is 1. The van der Waals surface area contributed by atoms with E-state index in [1.165, 1.54) is 17.1 Å². The number of sulfonamides is 1. The van der Waals surface area contributed by atoms with Gasteiger partial charge in [-0.15, -0.1) is 0 Å². The van der Waals surface area contributed by atoms with Gasteiger partial charge in [0.25, 0.3) is 0 Å². The number of rotatable bonds is 7. The maximum absolute atomic E-state index is 12.7. The maximum atomic E-state index is 12.7. The zero-order valence-electron chi connectivity index (χ0n) is 16.1. The smallest absolute Gasteiger partial charge is 0.243 e. The molecule has 146 valence electrons. The van der Waals surface area contributed by atoms with Crippen molar-refractivity contribution in [3.8, 4) is 0 Å². The highest BCUT2D eigenvalue weighted by atomic mass is 32.2. The van der Waals surface area contributed by atoms with Crippen LogP contribution >= 0.6 is 0 Å². The van der Waals surface area contributed by atoms with Gasteiger partial charge in [-0.2, -0.15) is 4.31 Å². The van der Waals surface area contributed by atoms with Gasteiger partial charge in [0.1, 0.15) is 0 Å².